The molecule has 0 spiro atoms. The fraction of sp³-hybridized carbons (Fsp3) is 0.133. The highest BCUT2D eigenvalue weighted by atomic mass is 16.5. The zero-order chi connectivity index (χ0) is 15.6. The number of aromatic nitrogens is 7. The Morgan fingerprint density at radius 3 is 2.78 bits per heavy atom. The first-order valence-electron chi connectivity index (χ1n) is 7.10. The number of rotatable bonds is 4. The molecule has 0 amide bonds. The Bertz CT molecular complexity index is 918. The lowest BCUT2D eigenvalue weighted by molar-refractivity contribution is 0.218. The molecule has 114 valence electrons. The summed E-state index contributed by atoms with van der Waals surface area (Å²) in [4.78, 5) is 4.10. The number of fused-ring (bicyclic) bond motifs is 1. The Hall–Kier alpha value is -3.29. The van der Waals surface area contributed by atoms with Crippen LogP contribution in [-0.2, 0) is 0 Å². The van der Waals surface area contributed by atoms with E-state index in [1.165, 1.54) is 6.33 Å². The van der Waals surface area contributed by atoms with Crippen LogP contribution < -0.4 is 4.74 Å². The summed E-state index contributed by atoms with van der Waals surface area (Å²) in [7, 11) is 0. The molecule has 3 heterocycles. The molecule has 0 aliphatic rings. The quantitative estimate of drug-likeness (QED) is 0.620. The van der Waals surface area contributed by atoms with Crippen LogP contribution in [0.2, 0.25) is 0 Å². The number of hydrogen-bond acceptors (Lipinski definition) is 6. The van der Waals surface area contributed by atoms with Crippen molar-refractivity contribution in [2.24, 2.45) is 0 Å². The van der Waals surface area contributed by atoms with Crippen molar-refractivity contribution in [1.82, 2.24) is 35.0 Å². The first-order valence-corrected chi connectivity index (χ1v) is 7.10. The maximum absolute atomic E-state index is 5.92. The maximum Gasteiger partial charge on any atom is 0.220 e. The largest absolute Gasteiger partial charge is 0.479 e. The van der Waals surface area contributed by atoms with Crippen LogP contribution in [-0.4, -0.2) is 35.0 Å². The maximum atomic E-state index is 5.92. The Kier molecular flexibility index (Phi) is 3.19. The number of ether oxygens (including phenoxy) is 1. The SMILES string of the molecule is CC(Oc1ccnn2c(-c3ccccc3)nnc12)c1ncn[nH]1. The van der Waals surface area contributed by atoms with Gasteiger partial charge in [-0.2, -0.15) is 14.7 Å². The van der Waals surface area contributed by atoms with Gasteiger partial charge in [0.2, 0.25) is 5.65 Å². The van der Waals surface area contributed by atoms with Gasteiger partial charge in [-0.15, -0.1) is 10.2 Å². The Morgan fingerprint density at radius 2 is 2.00 bits per heavy atom. The van der Waals surface area contributed by atoms with Crippen LogP contribution >= 0.6 is 0 Å². The topological polar surface area (TPSA) is 93.9 Å². The van der Waals surface area contributed by atoms with E-state index in [1.807, 2.05) is 37.3 Å². The van der Waals surface area contributed by atoms with E-state index < -0.39 is 0 Å². The van der Waals surface area contributed by atoms with E-state index in [4.69, 9.17) is 4.74 Å². The molecule has 23 heavy (non-hydrogen) atoms. The van der Waals surface area contributed by atoms with Gasteiger partial charge in [0.15, 0.2) is 23.5 Å². The van der Waals surface area contributed by atoms with Crippen LogP contribution in [0.1, 0.15) is 18.9 Å². The second kappa shape index (κ2) is 5.48. The predicted molar refractivity (Wildman–Crippen MR) is 81.6 cm³/mol. The number of aromatic amines is 1. The van der Waals surface area contributed by atoms with Crippen molar-refractivity contribution in [2.45, 2.75) is 13.0 Å². The van der Waals surface area contributed by atoms with Crippen LogP contribution in [0, 0.1) is 0 Å². The number of hydrogen-bond donors (Lipinski definition) is 1. The van der Waals surface area contributed by atoms with Crippen molar-refractivity contribution < 1.29 is 4.74 Å². The summed E-state index contributed by atoms with van der Waals surface area (Å²) in [6.45, 7) is 1.88. The van der Waals surface area contributed by atoms with Crippen molar-refractivity contribution in [2.75, 3.05) is 0 Å². The van der Waals surface area contributed by atoms with Crippen molar-refractivity contribution in [3.05, 3.63) is 54.7 Å². The number of benzene rings is 1. The van der Waals surface area contributed by atoms with Crippen LogP contribution in [0.25, 0.3) is 17.0 Å². The smallest absolute Gasteiger partial charge is 0.220 e. The van der Waals surface area contributed by atoms with Gasteiger partial charge in [-0.05, 0) is 6.92 Å². The lowest BCUT2D eigenvalue weighted by atomic mass is 10.2. The highest BCUT2D eigenvalue weighted by Crippen LogP contribution is 2.25. The molecule has 0 radical (unpaired) electrons. The summed E-state index contributed by atoms with van der Waals surface area (Å²) in [5.41, 5.74) is 1.49. The van der Waals surface area contributed by atoms with Crippen molar-refractivity contribution in [3.8, 4) is 17.1 Å². The monoisotopic (exact) mass is 307 g/mol. The summed E-state index contributed by atoms with van der Waals surface area (Å²) in [6.07, 6.45) is 2.81. The van der Waals surface area contributed by atoms with Crippen molar-refractivity contribution in [3.63, 3.8) is 0 Å². The predicted octanol–water partition coefficient (Wildman–Crippen LogP) is 2.05. The second-order valence-electron chi connectivity index (χ2n) is 4.95. The molecule has 0 aliphatic heterocycles. The zero-order valence-electron chi connectivity index (χ0n) is 12.3. The van der Waals surface area contributed by atoms with Crippen LogP contribution in [0.15, 0.2) is 48.9 Å². The molecule has 1 aromatic carbocycles. The van der Waals surface area contributed by atoms with E-state index in [9.17, 15) is 0 Å². The average Bonchev–Trinajstić information content (AvgIpc) is 3.26. The van der Waals surface area contributed by atoms with E-state index >= 15 is 0 Å². The molecule has 3 aromatic heterocycles. The van der Waals surface area contributed by atoms with E-state index in [2.05, 4.69) is 30.5 Å². The van der Waals surface area contributed by atoms with Gasteiger partial charge in [0.1, 0.15) is 6.33 Å². The molecule has 0 fully saturated rings. The fourth-order valence-corrected chi connectivity index (χ4v) is 2.30. The van der Waals surface area contributed by atoms with Crippen molar-refractivity contribution in [1.29, 1.82) is 0 Å². The first kappa shape index (κ1) is 13.4. The van der Waals surface area contributed by atoms with Crippen LogP contribution in [0.4, 0.5) is 0 Å². The Morgan fingerprint density at radius 1 is 1.13 bits per heavy atom. The molecule has 8 heteroatoms. The van der Waals surface area contributed by atoms with Crippen LogP contribution in [0.5, 0.6) is 5.75 Å². The fourth-order valence-electron chi connectivity index (χ4n) is 2.30. The summed E-state index contributed by atoms with van der Waals surface area (Å²) in [6, 6.07) is 11.5. The molecule has 1 N–H and O–H groups in total. The van der Waals surface area contributed by atoms with Crippen LogP contribution in [0.3, 0.4) is 0 Å². The molecule has 4 aromatic rings. The first-order chi connectivity index (χ1) is 11.3. The third-order valence-corrected chi connectivity index (χ3v) is 3.42. The molecule has 1 unspecified atom stereocenters. The molecule has 0 aliphatic carbocycles. The normalized spacial score (nSPS) is 12.4. The van der Waals surface area contributed by atoms with Gasteiger partial charge < -0.3 is 4.74 Å². The lowest BCUT2D eigenvalue weighted by Gasteiger charge is -2.12. The molecule has 0 saturated heterocycles. The molecule has 1 atom stereocenters. The van der Waals surface area contributed by atoms with Gasteiger partial charge in [0.25, 0.3) is 0 Å². The van der Waals surface area contributed by atoms with E-state index in [0.717, 1.165) is 5.56 Å². The van der Waals surface area contributed by atoms with Gasteiger partial charge in [-0.3, -0.25) is 5.10 Å². The number of nitrogens with zero attached hydrogens (tertiary/aromatic N) is 6. The summed E-state index contributed by atoms with van der Waals surface area (Å²) in [5, 5.41) is 19.4. The van der Waals surface area contributed by atoms with Crippen molar-refractivity contribution >= 4 is 5.65 Å². The third-order valence-electron chi connectivity index (χ3n) is 3.42. The number of nitrogens with one attached hydrogen (secondary N) is 1. The van der Waals surface area contributed by atoms with Gasteiger partial charge in [-0.25, -0.2) is 4.98 Å². The van der Waals surface area contributed by atoms with Gasteiger partial charge >= 0.3 is 0 Å². The highest BCUT2D eigenvalue weighted by Gasteiger charge is 2.16. The minimum absolute atomic E-state index is 0.291. The second-order valence-corrected chi connectivity index (χ2v) is 4.95. The molecular formula is C15H13N7O. The minimum atomic E-state index is -0.291. The van der Waals surface area contributed by atoms with E-state index in [1.54, 1.807) is 16.8 Å². The van der Waals surface area contributed by atoms with Gasteiger partial charge in [0.05, 0.1) is 6.20 Å². The third kappa shape index (κ3) is 2.39. The van der Waals surface area contributed by atoms with E-state index in [-0.39, 0.29) is 6.10 Å². The highest BCUT2D eigenvalue weighted by molar-refractivity contribution is 5.62. The Balaban J connectivity index is 1.73. The van der Waals surface area contributed by atoms with Gasteiger partial charge in [-0.1, -0.05) is 30.3 Å². The Labute approximate surface area is 131 Å². The molecule has 0 bridgehead atoms. The number of H-pyrrole nitrogens is 1. The standard InChI is InChI=1S/C15H13N7O/c1-10(13-16-9-17-19-13)23-12-7-8-18-22-14(20-21-15(12)22)11-5-3-2-4-6-11/h2-10H,1H3,(H,16,17,19). The summed E-state index contributed by atoms with van der Waals surface area (Å²) < 4.78 is 7.59. The average molecular weight is 307 g/mol. The van der Waals surface area contributed by atoms with Gasteiger partial charge in [0, 0.05) is 11.6 Å². The lowest BCUT2D eigenvalue weighted by Crippen LogP contribution is -2.07. The summed E-state index contributed by atoms with van der Waals surface area (Å²) in [5.74, 6) is 1.89. The zero-order valence-corrected chi connectivity index (χ0v) is 12.3. The summed E-state index contributed by atoms with van der Waals surface area (Å²) >= 11 is 0. The van der Waals surface area contributed by atoms with E-state index in [0.29, 0.717) is 23.0 Å². The molecule has 0 saturated carbocycles. The minimum Gasteiger partial charge on any atom is -0.479 e. The molecule has 4 rings (SSSR count). The molecule has 8 nitrogen and oxygen atoms in total. The molecular weight excluding hydrogens is 294 g/mol.